The van der Waals surface area contributed by atoms with Gasteiger partial charge in [-0.25, -0.2) is 9.97 Å². The van der Waals surface area contributed by atoms with Gasteiger partial charge in [-0.2, -0.15) is 22.0 Å². The molecular formula is C21H15F5N4O2. The van der Waals surface area contributed by atoms with Gasteiger partial charge in [-0.05, 0) is 17.7 Å². The van der Waals surface area contributed by atoms with Crippen molar-refractivity contribution in [2.24, 2.45) is 0 Å². The van der Waals surface area contributed by atoms with Gasteiger partial charge in [-0.3, -0.25) is 0 Å². The number of hydrogen-bond donors (Lipinski definition) is 2. The molecule has 2 aromatic heterocycles. The third-order valence-corrected chi connectivity index (χ3v) is 4.75. The van der Waals surface area contributed by atoms with Crippen molar-refractivity contribution >= 4 is 16.8 Å². The molecule has 166 valence electrons. The SMILES string of the molecule is OC(CNc1cc(-c2ccc3c(C(F)(F)C(F)(F)F)noc3c2)ncn1)c1ccccc1. The molecule has 0 radical (unpaired) electrons. The van der Waals surface area contributed by atoms with Crippen LogP contribution in [0.1, 0.15) is 17.4 Å². The van der Waals surface area contributed by atoms with E-state index in [2.05, 4.69) is 20.4 Å². The van der Waals surface area contributed by atoms with E-state index in [-0.39, 0.29) is 12.1 Å². The molecule has 4 rings (SSSR count). The van der Waals surface area contributed by atoms with E-state index in [1.807, 2.05) is 6.07 Å². The second-order valence-electron chi connectivity index (χ2n) is 6.91. The number of aliphatic hydroxyl groups excluding tert-OH is 1. The maximum absolute atomic E-state index is 13.7. The van der Waals surface area contributed by atoms with Crippen molar-refractivity contribution in [1.29, 1.82) is 0 Å². The van der Waals surface area contributed by atoms with Crippen molar-refractivity contribution in [3.8, 4) is 11.3 Å². The summed E-state index contributed by atoms with van der Waals surface area (Å²) in [6.45, 7) is 0.164. The number of benzene rings is 2. The highest BCUT2D eigenvalue weighted by Gasteiger charge is 2.61. The van der Waals surface area contributed by atoms with Crippen LogP contribution in [0.15, 0.2) is 65.4 Å². The lowest BCUT2D eigenvalue weighted by Gasteiger charge is -2.16. The van der Waals surface area contributed by atoms with E-state index in [4.69, 9.17) is 4.52 Å². The minimum absolute atomic E-state index is 0.164. The van der Waals surface area contributed by atoms with Crippen molar-refractivity contribution in [3.05, 3.63) is 72.2 Å². The summed E-state index contributed by atoms with van der Waals surface area (Å²) in [6.07, 6.45) is -5.33. The Morgan fingerprint density at radius 2 is 1.72 bits per heavy atom. The molecule has 0 aliphatic heterocycles. The molecule has 2 N–H and O–H groups in total. The average Bonchev–Trinajstić information content (AvgIpc) is 3.21. The topological polar surface area (TPSA) is 84.1 Å². The molecule has 0 amide bonds. The van der Waals surface area contributed by atoms with E-state index in [0.29, 0.717) is 17.1 Å². The quantitative estimate of drug-likeness (QED) is 0.399. The maximum atomic E-state index is 13.7. The summed E-state index contributed by atoms with van der Waals surface area (Å²) >= 11 is 0. The fourth-order valence-electron chi connectivity index (χ4n) is 3.06. The van der Waals surface area contributed by atoms with Crippen LogP contribution in [0.25, 0.3) is 22.2 Å². The Morgan fingerprint density at radius 3 is 2.44 bits per heavy atom. The summed E-state index contributed by atoms with van der Waals surface area (Å²) in [7, 11) is 0. The number of anilines is 1. The summed E-state index contributed by atoms with van der Waals surface area (Å²) in [5.41, 5.74) is -0.263. The molecular weight excluding hydrogens is 435 g/mol. The molecule has 11 heteroatoms. The third-order valence-electron chi connectivity index (χ3n) is 4.75. The molecule has 32 heavy (non-hydrogen) atoms. The Bertz CT molecular complexity index is 1230. The molecule has 0 saturated carbocycles. The Labute approximate surface area is 177 Å². The predicted octanol–water partition coefficient (Wildman–Crippen LogP) is 5.08. The van der Waals surface area contributed by atoms with Gasteiger partial charge in [0.1, 0.15) is 12.1 Å². The van der Waals surface area contributed by atoms with Crippen LogP contribution in [0.4, 0.5) is 27.8 Å². The van der Waals surface area contributed by atoms with Crippen LogP contribution in [0, 0.1) is 0 Å². The minimum atomic E-state index is -5.80. The van der Waals surface area contributed by atoms with Crippen molar-refractivity contribution in [2.45, 2.75) is 18.2 Å². The van der Waals surface area contributed by atoms with Crippen LogP contribution in [-0.4, -0.2) is 33.0 Å². The molecule has 0 spiro atoms. The summed E-state index contributed by atoms with van der Waals surface area (Å²) in [5, 5.41) is 15.7. The van der Waals surface area contributed by atoms with Crippen molar-refractivity contribution in [1.82, 2.24) is 15.1 Å². The molecule has 2 aromatic carbocycles. The van der Waals surface area contributed by atoms with Crippen LogP contribution in [-0.2, 0) is 5.92 Å². The number of nitrogens with zero attached hydrogens (tertiary/aromatic N) is 3. The van der Waals surface area contributed by atoms with Crippen LogP contribution in [0.3, 0.4) is 0 Å². The number of hydrogen-bond acceptors (Lipinski definition) is 6. The normalized spacial score (nSPS) is 13.3. The zero-order valence-corrected chi connectivity index (χ0v) is 16.1. The van der Waals surface area contributed by atoms with Gasteiger partial charge in [0.2, 0.25) is 0 Å². The van der Waals surface area contributed by atoms with Crippen molar-refractivity contribution in [3.63, 3.8) is 0 Å². The standard InChI is InChI=1S/C21H15F5N4O2/c22-20(23,21(24,25)26)19-14-7-6-13(8-17(14)32-30-19)15-9-18(29-11-28-15)27-10-16(31)12-4-2-1-3-5-12/h1-9,11,16,31H,10H2,(H,27,28,29). The van der Waals surface area contributed by atoms with Crippen LogP contribution >= 0.6 is 0 Å². The summed E-state index contributed by atoms with van der Waals surface area (Å²) < 4.78 is 70.1. The first-order valence-corrected chi connectivity index (χ1v) is 9.30. The first kappa shape index (κ1) is 21.6. The highest BCUT2D eigenvalue weighted by atomic mass is 19.4. The van der Waals surface area contributed by atoms with E-state index in [0.717, 1.165) is 11.6 Å². The molecule has 0 bridgehead atoms. The molecule has 6 nitrogen and oxygen atoms in total. The second kappa shape index (κ2) is 8.15. The van der Waals surface area contributed by atoms with Crippen LogP contribution in [0.2, 0.25) is 0 Å². The fraction of sp³-hybridized carbons (Fsp3) is 0.190. The average molecular weight is 450 g/mol. The molecule has 1 unspecified atom stereocenters. The maximum Gasteiger partial charge on any atom is 0.459 e. The van der Waals surface area contributed by atoms with Crippen LogP contribution in [0.5, 0.6) is 0 Å². The van der Waals surface area contributed by atoms with E-state index < -0.39 is 29.3 Å². The highest BCUT2D eigenvalue weighted by molar-refractivity contribution is 5.85. The largest absolute Gasteiger partial charge is 0.459 e. The van der Waals surface area contributed by atoms with E-state index >= 15 is 0 Å². The lowest BCUT2D eigenvalue weighted by molar-refractivity contribution is -0.290. The van der Waals surface area contributed by atoms with Gasteiger partial charge >= 0.3 is 12.1 Å². The van der Waals surface area contributed by atoms with Gasteiger partial charge in [0.05, 0.1) is 17.2 Å². The van der Waals surface area contributed by atoms with Gasteiger partial charge in [-0.1, -0.05) is 41.6 Å². The van der Waals surface area contributed by atoms with Gasteiger partial charge in [0.25, 0.3) is 0 Å². The monoisotopic (exact) mass is 450 g/mol. The minimum Gasteiger partial charge on any atom is -0.387 e. The molecule has 2 heterocycles. The Morgan fingerprint density at radius 1 is 0.969 bits per heavy atom. The van der Waals surface area contributed by atoms with E-state index in [1.54, 1.807) is 30.3 Å². The highest BCUT2D eigenvalue weighted by Crippen LogP contribution is 2.45. The molecule has 1 atom stereocenters. The zero-order valence-electron chi connectivity index (χ0n) is 16.1. The predicted molar refractivity (Wildman–Crippen MR) is 105 cm³/mol. The second-order valence-corrected chi connectivity index (χ2v) is 6.91. The van der Waals surface area contributed by atoms with Gasteiger partial charge < -0.3 is 14.9 Å². The van der Waals surface area contributed by atoms with E-state index in [9.17, 15) is 27.1 Å². The van der Waals surface area contributed by atoms with Gasteiger partial charge in [-0.15, -0.1) is 0 Å². The number of rotatable bonds is 6. The Kier molecular flexibility index (Phi) is 5.51. The van der Waals surface area contributed by atoms with Crippen molar-refractivity contribution < 1.29 is 31.6 Å². The number of aromatic nitrogens is 3. The van der Waals surface area contributed by atoms with Gasteiger partial charge in [0.15, 0.2) is 11.3 Å². The number of halogens is 5. The molecule has 0 saturated heterocycles. The third kappa shape index (κ3) is 4.11. The number of aliphatic hydroxyl groups is 1. The van der Waals surface area contributed by atoms with Crippen LogP contribution < -0.4 is 5.32 Å². The smallest absolute Gasteiger partial charge is 0.387 e. The molecule has 0 aliphatic carbocycles. The molecule has 4 aromatic rings. The zero-order chi connectivity index (χ0) is 22.9. The Hall–Kier alpha value is -3.60. The number of alkyl halides is 5. The first-order chi connectivity index (χ1) is 15.2. The summed E-state index contributed by atoms with van der Waals surface area (Å²) in [4.78, 5) is 8.16. The van der Waals surface area contributed by atoms with E-state index in [1.165, 1.54) is 18.5 Å². The van der Waals surface area contributed by atoms with Crippen molar-refractivity contribution in [2.75, 3.05) is 11.9 Å². The first-order valence-electron chi connectivity index (χ1n) is 9.30. The summed E-state index contributed by atoms with van der Waals surface area (Å²) in [6, 6.07) is 14.2. The lowest BCUT2D eigenvalue weighted by atomic mass is 10.1. The number of nitrogens with one attached hydrogen (secondary N) is 1. The molecule has 0 aliphatic rings. The molecule has 0 fully saturated rings. The van der Waals surface area contributed by atoms with Gasteiger partial charge in [0, 0.05) is 18.2 Å². The Balaban J connectivity index is 1.56. The summed E-state index contributed by atoms with van der Waals surface area (Å²) in [5.74, 6) is -4.77. The number of fused-ring (bicyclic) bond motifs is 1. The fourth-order valence-corrected chi connectivity index (χ4v) is 3.06. The lowest BCUT2D eigenvalue weighted by Crippen LogP contribution is -2.34.